The molecule has 0 N–H and O–H groups in total. The number of hydrogen-bond donors (Lipinski definition) is 0. The van der Waals surface area contributed by atoms with E-state index in [2.05, 4.69) is 10.1 Å². The number of halogens is 2. The van der Waals surface area contributed by atoms with Gasteiger partial charge in [0.1, 0.15) is 10.8 Å². The minimum atomic E-state index is -0.398. The van der Waals surface area contributed by atoms with Crippen molar-refractivity contribution in [2.75, 3.05) is 36.0 Å². The number of para-hydroxylation sites is 2. The van der Waals surface area contributed by atoms with Crippen LogP contribution in [0.5, 0.6) is 0 Å². The Morgan fingerprint density at radius 1 is 0.933 bits per heavy atom. The first-order chi connectivity index (χ1) is 14.6. The average molecular weight is 442 g/mol. The summed E-state index contributed by atoms with van der Waals surface area (Å²) in [5, 5.41) is 4.92. The van der Waals surface area contributed by atoms with Crippen LogP contribution in [0.2, 0.25) is 5.02 Å². The van der Waals surface area contributed by atoms with Crippen LogP contribution in [0.3, 0.4) is 0 Å². The van der Waals surface area contributed by atoms with Crippen LogP contribution in [0.25, 0.3) is 15.3 Å². The lowest BCUT2D eigenvalue weighted by atomic mass is 10.2. The second kappa shape index (κ2) is 7.70. The van der Waals surface area contributed by atoms with Crippen molar-refractivity contribution in [3.63, 3.8) is 0 Å². The van der Waals surface area contributed by atoms with Gasteiger partial charge in [0, 0.05) is 26.2 Å². The predicted molar refractivity (Wildman–Crippen MR) is 119 cm³/mol. The van der Waals surface area contributed by atoms with Crippen molar-refractivity contribution in [3.8, 4) is 5.13 Å². The van der Waals surface area contributed by atoms with Crippen molar-refractivity contribution in [2.24, 2.45) is 0 Å². The molecule has 0 atom stereocenters. The van der Waals surface area contributed by atoms with E-state index >= 15 is 0 Å². The van der Waals surface area contributed by atoms with Gasteiger partial charge in [-0.1, -0.05) is 47.2 Å². The normalized spacial score (nSPS) is 14.5. The van der Waals surface area contributed by atoms with E-state index in [4.69, 9.17) is 11.6 Å². The van der Waals surface area contributed by atoms with Crippen LogP contribution in [0.4, 0.5) is 15.8 Å². The summed E-state index contributed by atoms with van der Waals surface area (Å²) in [4.78, 5) is 21.4. The minimum absolute atomic E-state index is 0.114. The van der Waals surface area contributed by atoms with E-state index in [1.807, 2.05) is 40.1 Å². The van der Waals surface area contributed by atoms with Gasteiger partial charge in [0.15, 0.2) is 0 Å². The van der Waals surface area contributed by atoms with Crippen molar-refractivity contribution in [3.05, 3.63) is 75.9 Å². The second-order valence-corrected chi connectivity index (χ2v) is 8.34. The number of anilines is 2. The Morgan fingerprint density at radius 2 is 1.60 bits per heavy atom. The molecule has 4 aromatic rings. The van der Waals surface area contributed by atoms with E-state index in [0.29, 0.717) is 42.7 Å². The second-order valence-electron chi connectivity index (χ2n) is 6.95. The molecular weight excluding hydrogens is 425 g/mol. The third-order valence-corrected chi connectivity index (χ3v) is 6.55. The van der Waals surface area contributed by atoms with Crippen molar-refractivity contribution in [1.82, 2.24) is 14.8 Å². The van der Waals surface area contributed by atoms with Crippen LogP contribution in [0.1, 0.15) is 0 Å². The van der Waals surface area contributed by atoms with E-state index in [-0.39, 0.29) is 10.8 Å². The molecule has 0 radical (unpaired) electrons. The zero-order chi connectivity index (χ0) is 20.7. The first-order valence-electron chi connectivity index (χ1n) is 9.50. The SMILES string of the molecule is O=c1c(Cl)c(N2CCN(c3ccccc3F)CC2)cnn1-c1nc2ccccc2s1. The molecule has 9 heteroatoms. The topological polar surface area (TPSA) is 54.3 Å². The molecule has 1 fully saturated rings. The quantitative estimate of drug-likeness (QED) is 0.481. The van der Waals surface area contributed by atoms with Crippen molar-refractivity contribution in [1.29, 1.82) is 0 Å². The highest BCUT2D eigenvalue weighted by molar-refractivity contribution is 7.20. The number of hydrogen-bond acceptors (Lipinski definition) is 6. The molecule has 152 valence electrons. The maximum Gasteiger partial charge on any atom is 0.294 e. The first kappa shape index (κ1) is 19.0. The Labute approximate surface area is 180 Å². The molecule has 1 aliphatic rings. The highest BCUT2D eigenvalue weighted by atomic mass is 35.5. The molecule has 2 aromatic carbocycles. The van der Waals surface area contributed by atoms with Crippen LogP contribution in [-0.2, 0) is 0 Å². The Kier molecular flexibility index (Phi) is 4.88. The van der Waals surface area contributed by atoms with E-state index in [9.17, 15) is 9.18 Å². The molecule has 5 rings (SSSR count). The van der Waals surface area contributed by atoms with Gasteiger partial charge in [-0.2, -0.15) is 9.78 Å². The average Bonchev–Trinajstić information content (AvgIpc) is 3.20. The number of rotatable bonds is 3. The largest absolute Gasteiger partial charge is 0.366 e. The fraction of sp³-hybridized carbons (Fsp3) is 0.190. The summed E-state index contributed by atoms with van der Waals surface area (Å²) >= 11 is 7.84. The van der Waals surface area contributed by atoms with Crippen molar-refractivity contribution in [2.45, 2.75) is 0 Å². The summed E-state index contributed by atoms with van der Waals surface area (Å²) in [5.74, 6) is -0.232. The zero-order valence-corrected chi connectivity index (χ0v) is 17.4. The molecule has 2 aromatic heterocycles. The molecule has 0 spiro atoms. The highest BCUT2D eigenvalue weighted by Crippen LogP contribution is 2.27. The van der Waals surface area contributed by atoms with Gasteiger partial charge in [-0.25, -0.2) is 9.37 Å². The highest BCUT2D eigenvalue weighted by Gasteiger charge is 2.23. The Morgan fingerprint density at radius 3 is 2.33 bits per heavy atom. The van der Waals surface area contributed by atoms with E-state index in [0.717, 1.165) is 10.2 Å². The summed E-state index contributed by atoms with van der Waals surface area (Å²) in [7, 11) is 0. The maximum absolute atomic E-state index is 14.1. The molecule has 1 saturated heterocycles. The minimum Gasteiger partial charge on any atom is -0.366 e. The van der Waals surface area contributed by atoms with Gasteiger partial charge in [-0.15, -0.1) is 0 Å². The number of piperazine rings is 1. The molecular formula is C21H17ClFN5OS. The lowest BCUT2D eigenvalue weighted by molar-refractivity contribution is 0.597. The summed E-state index contributed by atoms with van der Waals surface area (Å²) in [6, 6.07) is 14.4. The lowest BCUT2D eigenvalue weighted by Crippen LogP contribution is -2.47. The van der Waals surface area contributed by atoms with E-state index < -0.39 is 5.56 Å². The van der Waals surface area contributed by atoms with Crippen LogP contribution >= 0.6 is 22.9 Å². The standard InChI is InChI=1S/C21H17ClFN5OS/c22-19-17(27-11-9-26(10-12-27)16-7-3-1-5-14(16)23)13-24-28(20(19)29)21-25-15-6-2-4-8-18(15)30-21/h1-8,13H,9-12H2. The van der Waals surface area contributed by atoms with Gasteiger partial charge in [0.25, 0.3) is 5.56 Å². The van der Waals surface area contributed by atoms with Gasteiger partial charge in [0.05, 0.1) is 27.8 Å². The zero-order valence-electron chi connectivity index (χ0n) is 15.8. The van der Waals surface area contributed by atoms with Crippen LogP contribution < -0.4 is 15.4 Å². The third kappa shape index (κ3) is 3.32. The van der Waals surface area contributed by atoms with Gasteiger partial charge < -0.3 is 9.80 Å². The summed E-state index contributed by atoms with van der Waals surface area (Å²) in [5.41, 5.74) is 1.60. The molecule has 0 aliphatic carbocycles. The van der Waals surface area contributed by atoms with Crippen LogP contribution in [-0.4, -0.2) is 40.9 Å². The molecule has 0 saturated carbocycles. The van der Waals surface area contributed by atoms with E-state index in [1.54, 1.807) is 18.3 Å². The smallest absolute Gasteiger partial charge is 0.294 e. The Bertz CT molecular complexity index is 1250. The number of nitrogens with zero attached hydrogens (tertiary/aromatic N) is 5. The summed E-state index contributed by atoms with van der Waals surface area (Å²) in [6.45, 7) is 2.47. The van der Waals surface area contributed by atoms with Gasteiger partial charge in [0.2, 0.25) is 5.13 Å². The molecule has 6 nitrogen and oxygen atoms in total. The number of fused-ring (bicyclic) bond motifs is 1. The predicted octanol–water partition coefficient (Wildman–Crippen LogP) is 3.96. The molecule has 0 amide bonds. The number of thiazole rings is 1. The Hall–Kier alpha value is -2.97. The fourth-order valence-corrected chi connectivity index (χ4v) is 4.80. The monoisotopic (exact) mass is 441 g/mol. The van der Waals surface area contributed by atoms with Gasteiger partial charge >= 0.3 is 0 Å². The fourth-order valence-electron chi connectivity index (χ4n) is 3.63. The maximum atomic E-state index is 14.1. The number of benzene rings is 2. The van der Waals surface area contributed by atoms with E-state index in [1.165, 1.54) is 22.1 Å². The number of aromatic nitrogens is 3. The molecule has 0 bridgehead atoms. The van der Waals surface area contributed by atoms with Crippen LogP contribution in [0, 0.1) is 5.82 Å². The van der Waals surface area contributed by atoms with Gasteiger partial charge in [-0.3, -0.25) is 4.79 Å². The summed E-state index contributed by atoms with van der Waals surface area (Å²) in [6.07, 6.45) is 1.61. The van der Waals surface area contributed by atoms with Crippen molar-refractivity contribution < 1.29 is 4.39 Å². The van der Waals surface area contributed by atoms with Crippen LogP contribution in [0.15, 0.2) is 59.5 Å². The third-order valence-electron chi connectivity index (χ3n) is 5.18. The molecule has 1 aliphatic heterocycles. The first-order valence-corrected chi connectivity index (χ1v) is 10.7. The molecule has 30 heavy (non-hydrogen) atoms. The Balaban J connectivity index is 1.39. The van der Waals surface area contributed by atoms with Gasteiger partial charge in [-0.05, 0) is 24.3 Å². The lowest BCUT2D eigenvalue weighted by Gasteiger charge is -2.37. The summed E-state index contributed by atoms with van der Waals surface area (Å²) < 4.78 is 16.3. The molecule has 3 heterocycles. The molecule has 0 unspecified atom stereocenters. The van der Waals surface area contributed by atoms with Crippen molar-refractivity contribution >= 4 is 44.5 Å².